The molecule has 0 radical (unpaired) electrons. The maximum atomic E-state index is 14.1. The molecular weight excluding hydrogens is 429 g/mol. The third-order valence-electron chi connectivity index (χ3n) is 7.48. The molecule has 3 aromatic carbocycles. The first-order valence-corrected chi connectivity index (χ1v) is 11.9. The number of nitrogens with zero attached hydrogens (tertiary/aromatic N) is 3. The van der Waals surface area contributed by atoms with E-state index in [1.54, 1.807) is 12.1 Å². The summed E-state index contributed by atoms with van der Waals surface area (Å²) in [6.07, 6.45) is 0.803. The Kier molecular flexibility index (Phi) is 5.09. The summed E-state index contributed by atoms with van der Waals surface area (Å²) < 4.78 is 13.3. The molecule has 1 saturated heterocycles. The van der Waals surface area contributed by atoms with Crippen LogP contribution >= 0.6 is 0 Å². The number of fused-ring (bicyclic) bond motifs is 4. The van der Waals surface area contributed by atoms with Gasteiger partial charge in [-0.2, -0.15) is 0 Å². The number of carbonyl (C=O) groups excluding carboxylic acids is 2. The van der Waals surface area contributed by atoms with Crippen LogP contribution in [-0.2, 0) is 11.2 Å². The van der Waals surface area contributed by atoms with Crippen molar-refractivity contribution < 1.29 is 14.0 Å². The number of benzene rings is 3. The first-order chi connectivity index (χ1) is 16.6. The number of hydrogen-bond acceptors (Lipinski definition) is 3. The van der Waals surface area contributed by atoms with Gasteiger partial charge < -0.3 is 14.7 Å². The molecule has 5 nitrogen and oxygen atoms in total. The van der Waals surface area contributed by atoms with Gasteiger partial charge in [0.25, 0.3) is 5.91 Å². The highest BCUT2D eigenvalue weighted by Crippen LogP contribution is 2.46. The van der Waals surface area contributed by atoms with Crippen LogP contribution in [0.3, 0.4) is 0 Å². The fourth-order valence-corrected chi connectivity index (χ4v) is 5.78. The van der Waals surface area contributed by atoms with E-state index in [1.807, 2.05) is 46.2 Å². The van der Waals surface area contributed by atoms with Crippen LogP contribution in [0.2, 0.25) is 0 Å². The number of rotatable bonds is 2. The fraction of sp³-hybridized carbons (Fsp3) is 0.286. The standard InChI is InChI=1S/C28H26FN3O2/c29-20-9-11-21(12-10-20)30-15-17-31(18-16-30)28(34)25-23-7-3-4-8-24(23)27(33)32-14-13-19-5-1-2-6-22(19)26(25)32/h1-12,25-26H,13-18H2/t25-,26+/m0/s1. The topological polar surface area (TPSA) is 43.9 Å². The van der Waals surface area contributed by atoms with Gasteiger partial charge in [0, 0.05) is 44.0 Å². The zero-order chi connectivity index (χ0) is 23.2. The van der Waals surface area contributed by atoms with Gasteiger partial charge in [0.2, 0.25) is 5.91 Å². The summed E-state index contributed by atoms with van der Waals surface area (Å²) in [7, 11) is 0. The predicted molar refractivity (Wildman–Crippen MR) is 128 cm³/mol. The molecule has 34 heavy (non-hydrogen) atoms. The summed E-state index contributed by atoms with van der Waals surface area (Å²) >= 11 is 0. The van der Waals surface area contributed by atoms with Gasteiger partial charge in [-0.05, 0) is 53.4 Å². The lowest BCUT2D eigenvalue weighted by Crippen LogP contribution is -2.54. The van der Waals surface area contributed by atoms with Crippen molar-refractivity contribution in [1.82, 2.24) is 9.80 Å². The molecule has 3 aliphatic heterocycles. The van der Waals surface area contributed by atoms with Gasteiger partial charge in [0.15, 0.2) is 0 Å². The summed E-state index contributed by atoms with van der Waals surface area (Å²) in [6.45, 7) is 3.19. The van der Waals surface area contributed by atoms with Crippen LogP contribution in [-0.4, -0.2) is 54.3 Å². The van der Waals surface area contributed by atoms with E-state index in [2.05, 4.69) is 17.0 Å². The van der Waals surface area contributed by atoms with E-state index < -0.39 is 5.92 Å². The monoisotopic (exact) mass is 455 g/mol. The SMILES string of the molecule is O=C([C@H]1c2ccccc2C(=O)N2CCc3ccccc3[C@H]12)N1CCN(c2ccc(F)cc2)CC1. The minimum Gasteiger partial charge on any atom is -0.368 e. The second kappa shape index (κ2) is 8.28. The Morgan fingerprint density at radius 3 is 2.24 bits per heavy atom. The molecule has 6 rings (SSSR count). The first-order valence-electron chi connectivity index (χ1n) is 11.9. The smallest absolute Gasteiger partial charge is 0.254 e. The largest absolute Gasteiger partial charge is 0.368 e. The Morgan fingerprint density at radius 1 is 0.794 bits per heavy atom. The average molecular weight is 456 g/mol. The molecule has 3 aromatic rings. The Hall–Kier alpha value is -3.67. The minimum atomic E-state index is -0.423. The molecule has 3 heterocycles. The second-order valence-corrected chi connectivity index (χ2v) is 9.25. The fourth-order valence-electron chi connectivity index (χ4n) is 5.78. The normalized spacial score (nSPS) is 21.6. The molecule has 172 valence electrons. The zero-order valence-electron chi connectivity index (χ0n) is 18.9. The van der Waals surface area contributed by atoms with E-state index in [9.17, 15) is 14.0 Å². The Balaban J connectivity index is 1.32. The van der Waals surface area contributed by atoms with Crippen LogP contribution in [0.25, 0.3) is 0 Å². The highest BCUT2D eigenvalue weighted by Gasteiger charge is 2.47. The Morgan fingerprint density at radius 2 is 1.47 bits per heavy atom. The molecule has 0 saturated carbocycles. The van der Waals surface area contributed by atoms with Crippen LogP contribution in [0.1, 0.15) is 39.0 Å². The maximum Gasteiger partial charge on any atom is 0.254 e. The van der Waals surface area contributed by atoms with E-state index in [4.69, 9.17) is 0 Å². The molecule has 6 heteroatoms. The van der Waals surface area contributed by atoms with Gasteiger partial charge in [0.1, 0.15) is 5.82 Å². The maximum absolute atomic E-state index is 14.1. The molecule has 0 aromatic heterocycles. The summed E-state index contributed by atoms with van der Waals surface area (Å²) in [5.74, 6) is -0.584. The van der Waals surface area contributed by atoms with Gasteiger partial charge in [0.05, 0.1) is 12.0 Å². The summed E-state index contributed by atoms with van der Waals surface area (Å²) in [6, 6.07) is 22.0. The van der Waals surface area contributed by atoms with Crippen molar-refractivity contribution in [3.63, 3.8) is 0 Å². The van der Waals surface area contributed by atoms with Crippen molar-refractivity contribution in [3.05, 3.63) is 101 Å². The van der Waals surface area contributed by atoms with E-state index >= 15 is 0 Å². The van der Waals surface area contributed by atoms with Crippen molar-refractivity contribution in [1.29, 1.82) is 0 Å². The molecule has 0 bridgehead atoms. The number of halogens is 1. The van der Waals surface area contributed by atoms with Crippen molar-refractivity contribution in [2.45, 2.75) is 18.4 Å². The number of piperazine rings is 1. The third kappa shape index (κ3) is 3.36. The van der Waals surface area contributed by atoms with Crippen LogP contribution < -0.4 is 4.90 Å². The van der Waals surface area contributed by atoms with Gasteiger partial charge in [-0.1, -0.05) is 42.5 Å². The molecule has 2 atom stereocenters. The van der Waals surface area contributed by atoms with E-state index in [-0.39, 0.29) is 23.7 Å². The van der Waals surface area contributed by atoms with Crippen LogP contribution in [0.4, 0.5) is 10.1 Å². The third-order valence-corrected chi connectivity index (χ3v) is 7.48. The Labute approximate surface area is 198 Å². The molecule has 0 N–H and O–H groups in total. The van der Waals surface area contributed by atoms with Crippen molar-refractivity contribution in [2.24, 2.45) is 0 Å². The summed E-state index contributed by atoms with van der Waals surface area (Å²) in [5.41, 5.74) is 4.74. The average Bonchev–Trinajstić information content (AvgIpc) is 2.89. The number of carbonyl (C=O) groups is 2. The minimum absolute atomic E-state index is 0.0142. The van der Waals surface area contributed by atoms with Gasteiger partial charge >= 0.3 is 0 Å². The number of amides is 2. The van der Waals surface area contributed by atoms with E-state index in [0.717, 1.165) is 23.2 Å². The van der Waals surface area contributed by atoms with Crippen molar-refractivity contribution in [2.75, 3.05) is 37.6 Å². The van der Waals surface area contributed by atoms with E-state index in [1.165, 1.54) is 17.7 Å². The lowest BCUT2D eigenvalue weighted by molar-refractivity contribution is -0.135. The van der Waals surface area contributed by atoms with Crippen LogP contribution in [0, 0.1) is 5.82 Å². The molecule has 0 unspecified atom stereocenters. The van der Waals surface area contributed by atoms with Crippen molar-refractivity contribution >= 4 is 17.5 Å². The molecule has 3 aliphatic rings. The quantitative estimate of drug-likeness (QED) is 0.587. The van der Waals surface area contributed by atoms with Crippen LogP contribution in [0.5, 0.6) is 0 Å². The second-order valence-electron chi connectivity index (χ2n) is 9.25. The van der Waals surface area contributed by atoms with Gasteiger partial charge in [-0.15, -0.1) is 0 Å². The number of anilines is 1. The highest BCUT2D eigenvalue weighted by atomic mass is 19.1. The molecule has 0 aliphatic carbocycles. The lowest BCUT2D eigenvalue weighted by atomic mass is 9.75. The first kappa shape index (κ1) is 20.9. The summed E-state index contributed by atoms with van der Waals surface area (Å²) in [4.78, 5) is 33.5. The van der Waals surface area contributed by atoms with Gasteiger partial charge in [-0.25, -0.2) is 4.39 Å². The zero-order valence-corrected chi connectivity index (χ0v) is 18.9. The van der Waals surface area contributed by atoms with Crippen molar-refractivity contribution in [3.8, 4) is 0 Å². The molecule has 1 fully saturated rings. The van der Waals surface area contributed by atoms with Crippen LogP contribution in [0.15, 0.2) is 72.8 Å². The van der Waals surface area contributed by atoms with Gasteiger partial charge in [-0.3, -0.25) is 9.59 Å². The molecular formula is C28H26FN3O2. The molecule has 2 amide bonds. The lowest BCUT2D eigenvalue weighted by Gasteiger charge is -2.47. The predicted octanol–water partition coefficient (Wildman–Crippen LogP) is 4.01. The molecule has 0 spiro atoms. The van der Waals surface area contributed by atoms with E-state index in [0.29, 0.717) is 38.3 Å². The number of hydrogen-bond donors (Lipinski definition) is 0. The Bertz CT molecular complexity index is 1250. The highest BCUT2D eigenvalue weighted by molar-refractivity contribution is 6.01. The summed E-state index contributed by atoms with van der Waals surface area (Å²) in [5, 5.41) is 0.